The van der Waals surface area contributed by atoms with E-state index < -0.39 is 12.1 Å². The Morgan fingerprint density at radius 2 is 1.83 bits per heavy atom. The van der Waals surface area contributed by atoms with Crippen LogP contribution in [0.25, 0.3) is 0 Å². The summed E-state index contributed by atoms with van der Waals surface area (Å²) in [6.07, 6.45) is -1.25. The lowest BCUT2D eigenvalue weighted by Crippen LogP contribution is -2.39. The molecule has 0 bridgehead atoms. The minimum atomic E-state index is -5.08. The van der Waals surface area contributed by atoms with E-state index in [1.807, 2.05) is 12.1 Å². The van der Waals surface area contributed by atoms with Gasteiger partial charge >= 0.3 is 12.1 Å². The molecule has 0 aliphatic carbocycles. The lowest BCUT2D eigenvalue weighted by Gasteiger charge is -2.31. The summed E-state index contributed by atoms with van der Waals surface area (Å²) in [6, 6.07) is 4.12. The summed E-state index contributed by atoms with van der Waals surface area (Å²) in [5.41, 5.74) is 17.5. The Hall–Kier alpha value is -2.56. The van der Waals surface area contributed by atoms with Gasteiger partial charge in [-0.25, -0.2) is 9.78 Å². The van der Waals surface area contributed by atoms with Gasteiger partial charge in [-0.15, -0.1) is 0 Å². The second-order valence-electron chi connectivity index (χ2n) is 5.04. The molecule has 8 nitrogen and oxygen atoms in total. The molecule has 1 aliphatic heterocycles. The van der Waals surface area contributed by atoms with E-state index in [4.69, 9.17) is 27.1 Å². The van der Waals surface area contributed by atoms with Crippen LogP contribution in [0.3, 0.4) is 0 Å². The molecular weight excluding hydrogens is 329 g/mol. The number of hydrogen-bond acceptors (Lipinski definition) is 5. The van der Waals surface area contributed by atoms with Crippen molar-refractivity contribution in [3.63, 3.8) is 0 Å². The molecule has 0 saturated carbocycles. The van der Waals surface area contributed by atoms with Crippen LogP contribution >= 0.6 is 0 Å². The first kappa shape index (κ1) is 19.5. The molecule has 2 heterocycles. The van der Waals surface area contributed by atoms with Crippen LogP contribution in [-0.4, -0.2) is 47.3 Å². The third-order valence-corrected chi connectivity index (χ3v) is 3.12. The van der Waals surface area contributed by atoms with Gasteiger partial charge in [0.1, 0.15) is 0 Å². The molecule has 0 atom stereocenters. The summed E-state index contributed by atoms with van der Waals surface area (Å²) in [4.78, 5) is 19.2. The normalized spacial score (nSPS) is 15.2. The molecule has 134 valence electrons. The number of nitrogens with zero attached hydrogens (tertiary/aromatic N) is 3. The molecule has 0 aromatic carbocycles. The SMILES string of the molecule is NC(N)=Nc1ccc(N2CCC(N)CC2)cn1.O=C(O)C(F)(F)F. The van der Waals surface area contributed by atoms with Gasteiger partial charge in [0.05, 0.1) is 11.9 Å². The van der Waals surface area contributed by atoms with E-state index in [1.54, 1.807) is 6.20 Å². The Kier molecular flexibility index (Phi) is 6.77. The lowest BCUT2D eigenvalue weighted by molar-refractivity contribution is -0.192. The molecule has 1 aliphatic rings. The van der Waals surface area contributed by atoms with E-state index in [-0.39, 0.29) is 5.96 Å². The number of rotatable bonds is 2. The van der Waals surface area contributed by atoms with Gasteiger partial charge in [0.2, 0.25) is 0 Å². The van der Waals surface area contributed by atoms with Crippen molar-refractivity contribution in [3.05, 3.63) is 18.3 Å². The topological polar surface area (TPSA) is 144 Å². The largest absolute Gasteiger partial charge is 0.490 e. The molecule has 1 saturated heterocycles. The molecule has 0 radical (unpaired) electrons. The van der Waals surface area contributed by atoms with Gasteiger partial charge in [-0.3, -0.25) is 0 Å². The number of piperidine rings is 1. The predicted molar refractivity (Wildman–Crippen MR) is 82.8 cm³/mol. The number of carboxylic acid groups (broad SMARTS) is 1. The standard InChI is InChI=1S/C11H18N6.C2HF3O2/c12-8-3-5-17(6-4-8)9-1-2-10(15-7-9)16-11(13)14;3-2(4,5)1(6)7/h1-2,7-8H,3-6,12H2,(H4,13,14,15,16);(H,6,7). The Morgan fingerprint density at radius 3 is 2.21 bits per heavy atom. The first-order chi connectivity index (χ1) is 11.1. The Labute approximate surface area is 136 Å². The van der Waals surface area contributed by atoms with E-state index in [1.165, 1.54) is 0 Å². The highest BCUT2D eigenvalue weighted by Crippen LogP contribution is 2.20. The minimum Gasteiger partial charge on any atom is -0.475 e. The number of aromatic nitrogens is 1. The number of anilines is 1. The average molecular weight is 348 g/mol. The van der Waals surface area contributed by atoms with Gasteiger partial charge in [-0.05, 0) is 25.0 Å². The second-order valence-corrected chi connectivity index (χ2v) is 5.04. The van der Waals surface area contributed by atoms with Gasteiger partial charge in [-0.1, -0.05) is 0 Å². The van der Waals surface area contributed by atoms with E-state index in [2.05, 4.69) is 14.9 Å². The Balaban J connectivity index is 0.000000351. The Bertz CT molecular complexity index is 564. The zero-order chi connectivity index (χ0) is 18.3. The van der Waals surface area contributed by atoms with Gasteiger partial charge in [0.15, 0.2) is 11.8 Å². The summed E-state index contributed by atoms with van der Waals surface area (Å²) < 4.78 is 31.7. The summed E-state index contributed by atoms with van der Waals surface area (Å²) >= 11 is 0. The van der Waals surface area contributed by atoms with Crippen LogP contribution in [0.5, 0.6) is 0 Å². The Morgan fingerprint density at radius 1 is 1.29 bits per heavy atom. The summed E-state index contributed by atoms with van der Waals surface area (Å²) in [5, 5.41) is 7.12. The number of aliphatic carboxylic acids is 1. The predicted octanol–water partition coefficient (Wildman–Crippen LogP) is 0.547. The second kappa shape index (κ2) is 8.34. The fourth-order valence-corrected chi connectivity index (χ4v) is 1.92. The molecule has 1 aromatic rings. The summed E-state index contributed by atoms with van der Waals surface area (Å²) in [6.45, 7) is 1.95. The number of halogens is 3. The number of hydrogen-bond donors (Lipinski definition) is 4. The van der Waals surface area contributed by atoms with Crippen LogP contribution in [0.1, 0.15) is 12.8 Å². The van der Waals surface area contributed by atoms with E-state index >= 15 is 0 Å². The number of alkyl halides is 3. The molecule has 24 heavy (non-hydrogen) atoms. The van der Waals surface area contributed by atoms with Gasteiger partial charge < -0.3 is 27.2 Å². The fourth-order valence-electron chi connectivity index (χ4n) is 1.92. The average Bonchev–Trinajstić information content (AvgIpc) is 2.48. The van der Waals surface area contributed by atoms with Crippen molar-refractivity contribution in [2.45, 2.75) is 25.1 Å². The van der Waals surface area contributed by atoms with Crippen molar-refractivity contribution in [3.8, 4) is 0 Å². The quantitative estimate of drug-likeness (QED) is 0.451. The van der Waals surface area contributed by atoms with Crippen molar-refractivity contribution in [2.24, 2.45) is 22.2 Å². The lowest BCUT2D eigenvalue weighted by atomic mass is 10.1. The maximum absolute atomic E-state index is 10.6. The number of aliphatic imine (C=N–C) groups is 1. The highest BCUT2D eigenvalue weighted by Gasteiger charge is 2.38. The third kappa shape index (κ3) is 6.69. The molecule has 1 fully saturated rings. The van der Waals surface area contributed by atoms with Crippen LogP contribution in [0, 0.1) is 0 Å². The molecule has 0 spiro atoms. The van der Waals surface area contributed by atoms with E-state index in [9.17, 15) is 13.2 Å². The molecule has 0 amide bonds. The molecule has 7 N–H and O–H groups in total. The van der Waals surface area contributed by atoms with Crippen molar-refractivity contribution in [1.29, 1.82) is 0 Å². The van der Waals surface area contributed by atoms with Crippen LogP contribution in [0.2, 0.25) is 0 Å². The first-order valence-electron chi connectivity index (χ1n) is 6.96. The van der Waals surface area contributed by atoms with Gasteiger partial charge in [-0.2, -0.15) is 18.2 Å². The van der Waals surface area contributed by atoms with Gasteiger partial charge in [0, 0.05) is 19.1 Å². The van der Waals surface area contributed by atoms with E-state index in [0.717, 1.165) is 31.6 Å². The third-order valence-electron chi connectivity index (χ3n) is 3.12. The highest BCUT2D eigenvalue weighted by atomic mass is 19.4. The summed E-state index contributed by atoms with van der Waals surface area (Å²) in [5.74, 6) is -2.20. The van der Waals surface area contributed by atoms with Crippen molar-refractivity contribution >= 4 is 23.4 Å². The molecule has 2 rings (SSSR count). The highest BCUT2D eigenvalue weighted by molar-refractivity contribution is 5.78. The number of nitrogens with two attached hydrogens (primary N) is 3. The fraction of sp³-hybridized carbons (Fsp3) is 0.462. The van der Waals surface area contributed by atoms with Crippen LogP contribution in [-0.2, 0) is 4.79 Å². The van der Waals surface area contributed by atoms with Crippen LogP contribution in [0.15, 0.2) is 23.3 Å². The number of guanidine groups is 1. The van der Waals surface area contributed by atoms with Crippen LogP contribution in [0.4, 0.5) is 24.7 Å². The molecule has 1 aromatic heterocycles. The number of pyridine rings is 1. The number of carbonyl (C=O) groups is 1. The van der Waals surface area contributed by atoms with Gasteiger partial charge in [0.25, 0.3) is 0 Å². The molecule has 11 heteroatoms. The zero-order valence-corrected chi connectivity index (χ0v) is 12.7. The number of carboxylic acids is 1. The minimum absolute atomic E-state index is 0.0224. The maximum atomic E-state index is 10.6. The first-order valence-corrected chi connectivity index (χ1v) is 6.96. The maximum Gasteiger partial charge on any atom is 0.490 e. The van der Waals surface area contributed by atoms with E-state index in [0.29, 0.717) is 11.9 Å². The zero-order valence-electron chi connectivity index (χ0n) is 12.7. The smallest absolute Gasteiger partial charge is 0.475 e. The van der Waals surface area contributed by atoms with Crippen molar-refractivity contribution < 1.29 is 23.1 Å². The van der Waals surface area contributed by atoms with Crippen molar-refractivity contribution in [1.82, 2.24) is 4.98 Å². The monoisotopic (exact) mass is 348 g/mol. The summed E-state index contributed by atoms with van der Waals surface area (Å²) in [7, 11) is 0. The van der Waals surface area contributed by atoms with Crippen LogP contribution < -0.4 is 22.1 Å². The molecular formula is C13H19F3N6O2. The van der Waals surface area contributed by atoms with Crippen molar-refractivity contribution in [2.75, 3.05) is 18.0 Å². The molecule has 0 unspecified atom stereocenters.